The van der Waals surface area contributed by atoms with Crippen LogP contribution in [0.3, 0.4) is 0 Å². The van der Waals surface area contributed by atoms with Gasteiger partial charge in [-0.1, -0.05) is 18.2 Å². The van der Waals surface area contributed by atoms with Crippen molar-refractivity contribution in [3.05, 3.63) is 48.5 Å². The largest absolute Gasteiger partial charge is 0.497 e. The second-order valence-electron chi connectivity index (χ2n) is 5.38. The molecule has 7 heteroatoms. The van der Waals surface area contributed by atoms with Crippen LogP contribution >= 0.6 is 0 Å². The fourth-order valence-electron chi connectivity index (χ4n) is 2.43. The van der Waals surface area contributed by atoms with Crippen LogP contribution in [0.4, 0.5) is 11.4 Å². The van der Waals surface area contributed by atoms with E-state index in [0.29, 0.717) is 28.6 Å². The molecule has 0 N–H and O–H groups in total. The Morgan fingerprint density at radius 2 is 1.84 bits per heavy atom. The van der Waals surface area contributed by atoms with Crippen LogP contribution in [0.15, 0.2) is 63.9 Å². The van der Waals surface area contributed by atoms with Crippen LogP contribution in [-0.4, -0.2) is 31.9 Å². The molecule has 0 aromatic heterocycles. The molecule has 0 aliphatic carbocycles. The van der Waals surface area contributed by atoms with E-state index in [1.54, 1.807) is 39.3 Å². The maximum atomic E-state index is 12.6. The number of carbonyl (C=O) groups excluding carboxylic acids is 1. The van der Waals surface area contributed by atoms with Crippen LogP contribution in [0.1, 0.15) is 6.92 Å². The highest BCUT2D eigenvalue weighted by molar-refractivity contribution is 6.18. The molecule has 0 radical (unpaired) electrons. The summed E-state index contributed by atoms with van der Waals surface area (Å²) >= 11 is 0. The van der Waals surface area contributed by atoms with Crippen LogP contribution in [0.25, 0.3) is 0 Å². The fourth-order valence-corrected chi connectivity index (χ4v) is 2.43. The number of amides is 1. The fraction of sp³-hybridized carbons (Fsp3) is 0.222. The maximum absolute atomic E-state index is 12.6. The molecule has 0 fully saturated rings. The van der Waals surface area contributed by atoms with Crippen LogP contribution in [0.5, 0.6) is 11.5 Å². The zero-order valence-electron chi connectivity index (χ0n) is 14.2. The molecule has 0 unspecified atom stereocenters. The highest BCUT2D eigenvalue weighted by Gasteiger charge is 2.34. The van der Waals surface area contributed by atoms with E-state index in [2.05, 4.69) is 15.3 Å². The normalized spacial score (nSPS) is 17.1. The molecule has 3 rings (SSSR count). The first-order valence-corrected chi connectivity index (χ1v) is 7.71. The van der Waals surface area contributed by atoms with E-state index in [-0.39, 0.29) is 5.91 Å². The van der Waals surface area contributed by atoms with Crippen molar-refractivity contribution in [2.45, 2.75) is 13.0 Å². The predicted molar refractivity (Wildman–Crippen MR) is 94.9 cm³/mol. The summed E-state index contributed by atoms with van der Waals surface area (Å²) < 4.78 is 10.4. The van der Waals surface area contributed by atoms with Crippen LogP contribution < -0.4 is 14.5 Å². The number of para-hydroxylation sites is 1. The Labute approximate surface area is 145 Å². The van der Waals surface area contributed by atoms with Crippen molar-refractivity contribution in [3.63, 3.8) is 0 Å². The molecule has 1 heterocycles. The van der Waals surface area contributed by atoms with Crippen molar-refractivity contribution in [1.82, 2.24) is 0 Å². The number of hydrogen-bond donors (Lipinski definition) is 0. The van der Waals surface area contributed by atoms with E-state index in [0.717, 1.165) is 0 Å². The molecule has 128 valence electrons. The summed E-state index contributed by atoms with van der Waals surface area (Å²) in [6, 6.07) is 13.7. The number of anilines is 1. The summed E-state index contributed by atoms with van der Waals surface area (Å²) in [5.41, 5.74) is 1.80. The van der Waals surface area contributed by atoms with Gasteiger partial charge in [0.25, 0.3) is 5.91 Å². The SMILES string of the molecule is COc1ccc(N=N[C@H]2C(=O)N(c3ccccc3)N=C2C)c(OC)c1. The summed E-state index contributed by atoms with van der Waals surface area (Å²) in [6.45, 7) is 1.76. The van der Waals surface area contributed by atoms with Crippen molar-refractivity contribution in [2.24, 2.45) is 15.3 Å². The molecule has 7 nitrogen and oxygen atoms in total. The minimum Gasteiger partial charge on any atom is -0.497 e. The molecule has 0 saturated heterocycles. The Kier molecular flexibility index (Phi) is 4.74. The number of hydrazone groups is 1. The smallest absolute Gasteiger partial charge is 0.280 e. The lowest BCUT2D eigenvalue weighted by atomic mass is 10.2. The topological polar surface area (TPSA) is 75.9 Å². The monoisotopic (exact) mass is 338 g/mol. The minimum atomic E-state index is -0.744. The van der Waals surface area contributed by atoms with Gasteiger partial charge in [0.2, 0.25) is 0 Å². The number of ether oxygens (including phenoxy) is 2. The zero-order valence-corrected chi connectivity index (χ0v) is 14.2. The Morgan fingerprint density at radius 1 is 1.08 bits per heavy atom. The standard InChI is InChI=1S/C18H18N4O3/c1-12-17(18(23)22(21-12)13-7-5-4-6-8-13)20-19-15-10-9-14(24-2)11-16(15)25-3/h4-11,17H,1-3H3/t17-/m1/s1. The van der Waals surface area contributed by atoms with Crippen LogP contribution in [-0.2, 0) is 4.79 Å². The first-order valence-electron chi connectivity index (χ1n) is 7.71. The molecule has 1 aliphatic rings. The Hall–Kier alpha value is -3.22. The van der Waals surface area contributed by atoms with Gasteiger partial charge < -0.3 is 9.47 Å². The third kappa shape index (κ3) is 3.35. The van der Waals surface area contributed by atoms with Crippen molar-refractivity contribution in [2.75, 3.05) is 19.2 Å². The third-order valence-corrected chi connectivity index (χ3v) is 3.76. The quantitative estimate of drug-likeness (QED) is 0.782. The lowest BCUT2D eigenvalue weighted by molar-refractivity contribution is -0.117. The molecule has 0 saturated carbocycles. The van der Waals surface area contributed by atoms with E-state index in [9.17, 15) is 4.79 Å². The third-order valence-electron chi connectivity index (χ3n) is 3.76. The summed E-state index contributed by atoms with van der Waals surface area (Å²) in [7, 11) is 3.11. The van der Waals surface area contributed by atoms with E-state index in [1.165, 1.54) is 5.01 Å². The van der Waals surface area contributed by atoms with Crippen molar-refractivity contribution in [1.29, 1.82) is 0 Å². The number of hydrogen-bond acceptors (Lipinski definition) is 6. The van der Waals surface area contributed by atoms with Crippen molar-refractivity contribution >= 4 is 23.0 Å². The van der Waals surface area contributed by atoms with E-state index in [4.69, 9.17) is 9.47 Å². The summed E-state index contributed by atoms with van der Waals surface area (Å²) in [6.07, 6.45) is 0. The van der Waals surface area contributed by atoms with Gasteiger partial charge in [0.1, 0.15) is 17.2 Å². The van der Waals surface area contributed by atoms with Crippen LogP contribution in [0, 0.1) is 0 Å². The molecule has 1 aliphatic heterocycles. The molecular formula is C18H18N4O3. The number of azo groups is 1. The highest BCUT2D eigenvalue weighted by Crippen LogP contribution is 2.32. The van der Waals surface area contributed by atoms with Gasteiger partial charge >= 0.3 is 0 Å². The minimum absolute atomic E-state index is 0.236. The number of benzene rings is 2. The van der Waals surface area contributed by atoms with Gasteiger partial charge in [-0.3, -0.25) is 4.79 Å². The molecule has 0 spiro atoms. The van der Waals surface area contributed by atoms with E-state index >= 15 is 0 Å². The van der Waals surface area contributed by atoms with Crippen molar-refractivity contribution in [3.8, 4) is 11.5 Å². The first-order chi connectivity index (χ1) is 12.1. The average molecular weight is 338 g/mol. The van der Waals surface area contributed by atoms with Gasteiger partial charge in [-0.15, -0.1) is 0 Å². The number of nitrogens with zero attached hydrogens (tertiary/aromatic N) is 4. The highest BCUT2D eigenvalue weighted by atomic mass is 16.5. The van der Waals surface area contributed by atoms with E-state index < -0.39 is 6.04 Å². The summed E-state index contributed by atoms with van der Waals surface area (Å²) in [5.74, 6) is 0.934. The van der Waals surface area contributed by atoms with Gasteiger partial charge in [-0.05, 0) is 31.2 Å². The Balaban J connectivity index is 1.83. The molecule has 2 aromatic rings. The number of methoxy groups -OCH3 is 2. The Bertz CT molecular complexity index is 833. The molecule has 1 atom stereocenters. The van der Waals surface area contributed by atoms with Crippen LogP contribution in [0.2, 0.25) is 0 Å². The summed E-state index contributed by atoms with van der Waals surface area (Å²) in [5, 5.41) is 14.0. The second kappa shape index (κ2) is 7.12. The molecule has 0 bridgehead atoms. The lowest BCUT2D eigenvalue weighted by Gasteiger charge is -2.12. The van der Waals surface area contributed by atoms with E-state index in [1.807, 2.05) is 30.3 Å². The van der Waals surface area contributed by atoms with Gasteiger partial charge in [0, 0.05) is 6.07 Å². The maximum Gasteiger partial charge on any atom is 0.280 e. The first kappa shape index (κ1) is 16.6. The number of carbonyl (C=O) groups is 1. The molecule has 2 aromatic carbocycles. The van der Waals surface area contributed by atoms with Gasteiger partial charge in [0.15, 0.2) is 6.04 Å². The van der Waals surface area contributed by atoms with Gasteiger partial charge in [-0.25, -0.2) is 0 Å². The second-order valence-corrected chi connectivity index (χ2v) is 5.38. The lowest BCUT2D eigenvalue weighted by Crippen LogP contribution is -2.29. The van der Waals surface area contributed by atoms with Gasteiger partial charge in [0.05, 0.1) is 25.6 Å². The average Bonchev–Trinajstić information content (AvgIpc) is 2.94. The summed E-state index contributed by atoms with van der Waals surface area (Å²) in [4.78, 5) is 12.6. The molecule has 1 amide bonds. The molecular weight excluding hydrogens is 320 g/mol. The van der Waals surface area contributed by atoms with Gasteiger partial charge in [-0.2, -0.15) is 20.3 Å². The zero-order chi connectivity index (χ0) is 17.8. The Morgan fingerprint density at radius 3 is 2.52 bits per heavy atom. The predicted octanol–water partition coefficient (Wildman–Crippen LogP) is 3.58. The van der Waals surface area contributed by atoms with Crippen molar-refractivity contribution < 1.29 is 14.3 Å². The number of rotatable bonds is 5. The molecule has 25 heavy (non-hydrogen) atoms.